The average molecular weight is 454 g/mol. The van der Waals surface area contributed by atoms with Gasteiger partial charge in [-0.2, -0.15) is 0 Å². The van der Waals surface area contributed by atoms with Gasteiger partial charge in [-0.3, -0.25) is 4.79 Å². The third-order valence-corrected chi connectivity index (χ3v) is 5.83. The fourth-order valence-corrected chi connectivity index (χ4v) is 3.85. The molecule has 0 bridgehead atoms. The van der Waals surface area contributed by atoms with Crippen molar-refractivity contribution in [1.29, 1.82) is 0 Å². The Labute approximate surface area is 199 Å². The molecule has 0 aromatic heterocycles. The molecular weight excluding hydrogens is 426 g/mol. The Morgan fingerprint density at radius 2 is 1.50 bits per heavy atom. The summed E-state index contributed by atoms with van der Waals surface area (Å²) in [7, 11) is 0. The molecule has 0 aliphatic heterocycles. The van der Waals surface area contributed by atoms with Gasteiger partial charge in [-0.25, -0.2) is 4.79 Å². The van der Waals surface area contributed by atoms with Crippen LogP contribution < -0.4 is 10.1 Å². The molecule has 2 N–H and O–H groups in total. The maximum absolute atomic E-state index is 12.8. The number of carbonyl (C=O) groups is 2. The lowest BCUT2D eigenvalue weighted by Crippen LogP contribution is -2.42. The summed E-state index contributed by atoms with van der Waals surface area (Å²) < 4.78 is 6.00. The van der Waals surface area contributed by atoms with E-state index in [-0.39, 0.29) is 12.3 Å². The van der Waals surface area contributed by atoms with Crippen LogP contribution in [0.3, 0.4) is 0 Å². The minimum absolute atomic E-state index is 0.220. The number of hydrogen-bond acceptors (Lipinski definition) is 3. The highest BCUT2D eigenvalue weighted by atomic mass is 16.5. The van der Waals surface area contributed by atoms with Gasteiger partial charge >= 0.3 is 5.97 Å². The van der Waals surface area contributed by atoms with Gasteiger partial charge in [0.1, 0.15) is 11.8 Å². The molecule has 4 aromatic carbocycles. The normalized spacial score (nSPS) is 12.6. The van der Waals surface area contributed by atoms with Crippen LogP contribution in [-0.4, -0.2) is 29.6 Å². The summed E-state index contributed by atoms with van der Waals surface area (Å²) in [4.78, 5) is 24.5. The molecule has 4 rings (SSSR count). The Morgan fingerprint density at radius 3 is 2.21 bits per heavy atom. The van der Waals surface area contributed by atoms with Crippen LogP contribution in [0.1, 0.15) is 34.3 Å². The first-order valence-corrected chi connectivity index (χ1v) is 11.3. The van der Waals surface area contributed by atoms with E-state index in [1.165, 1.54) is 5.56 Å². The molecule has 0 fully saturated rings. The predicted octanol–water partition coefficient (Wildman–Crippen LogP) is 5.45. The first kappa shape index (κ1) is 23.1. The second-order valence-electron chi connectivity index (χ2n) is 8.40. The molecule has 5 heteroatoms. The summed E-state index contributed by atoms with van der Waals surface area (Å²) in [6.45, 7) is 2.69. The van der Waals surface area contributed by atoms with Gasteiger partial charge in [-0.05, 0) is 46.2 Å². The van der Waals surface area contributed by atoms with Gasteiger partial charge in [0.15, 0.2) is 0 Å². The van der Waals surface area contributed by atoms with Crippen molar-refractivity contribution in [3.8, 4) is 5.75 Å². The summed E-state index contributed by atoms with van der Waals surface area (Å²) in [5.41, 5.74) is 2.49. The van der Waals surface area contributed by atoms with Crippen molar-refractivity contribution in [1.82, 2.24) is 5.32 Å². The largest absolute Gasteiger partial charge is 0.493 e. The molecule has 2 atom stereocenters. The van der Waals surface area contributed by atoms with Gasteiger partial charge in [0.25, 0.3) is 5.91 Å². The van der Waals surface area contributed by atoms with Crippen LogP contribution in [0.4, 0.5) is 0 Å². The highest BCUT2D eigenvalue weighted by Gasteiger charge is 2.21. The Morgan fingerprint density at radius 1 is 0.853 bits per heavy atom. The van der Waals surface area contributed by atoms with E-state index in [4.69, 9.17) is 4.74 Å². The van der Waals surface area contributed by atoms with Gasteiger partial charge in [-0.15, -0.1) is 0 Å². The first-order valence-electron chi connectivity index (χ1n) is 11.3. The number of carbonyl (C=O) groups excluding carboxylic acids is 1. The molecule has 0 aliphatic rings. The SMILES string of the molecule is CC(COc1ccc2cc(C(=O)N[C@@H](Cc3ccccc3)C(=O)O)ccc2c1)c1ccccc1. The van der Waals surface area contributed by atoms with Crippen LogP contribution in [0, 0.1) is 0 Å². The van der Waals surface area contributed by atoms with Crippen molar-refractivity contribution in [3.05, 3.63) is 114 Å². The maximum Gasteiger partial charge on any atom is 0.326 e. The fourth-order valence-electron chi connectivity index (χ4n) is 3.85. The monoisotopic (exact) mass is 453 g/mol. The molecule has 4 aromatic rings. The minimum Gasteiger partial charge on any atom is -0.493 e. The van der Waals surface area contributed by atoms with Crippen LogP contribution in [0.15, 0.2) is 97.1 Å². The van der Waals surface area contributed by atoms with Crippen molar-refractivity contribution in [2.24, 2.45) is 0 Å². The van der Waals surface area contributed by atoms with Crippen molar-refractivity contribution in [3.63, 3.8) is 0 Å². The zero-order chi connectivity index (χ0) is 23.9. The number of carboxylic acids is 1. The Hall–Kier alpha value is -4.12. The molecule has 1 amide bonds. The van der Waals surface area contributed by atoms with Gasteiger partial charge < -0.3 is 15.2 Å². The number of rotatable bonds is 9. The highest BCUT2D eigenvalue weighted by Crippen LogP contribution is 2.24. The van der Waals surface area contributed by atoms with E-state index in [9.17, 15) is 14.7 Å². The lowest BCUT2D eigenvalue weighted by Gasteiger charge is -2.15. The van der Waals surface area contributed by atoms with E-state index in [2.05, 4.69) is 24.4 Å². The molecule has 34 heavy (non-hydrogen) atoms. The lowest BCUT2D eigenvalue weighted by molar-refractivity contribution is -0.139. The first-order chi connectivity index (χ1) is 16.5. The predicted molar refractivity (Wildman–Crippen MR) is 133 cm³/mol. The lowest BCUT2D eigenvalue weighted by atomic mass is 10.0. The van der Waals surface area contributed by atoms with Crippen LogP contribution in [0.25, 0.3) is 10.8 Å². The number of hydrogen-bond donors (Lipinski definition) is 2. The number of aliphatic carboxylic acids is 1. The second kappa shape index (κ2) is 10.7. The maximum atomic E-state index is 12.8. The number of amides is 1. The smallest absolute Gasteiger partial charge is 0.326 e. The average Bonchev–Trinajstić information content (AvgIpc) is 2.87. The Kier molecular flexibility index (Phi) is 7.23. The molecule has 0 radical (unpaired) electrons. The number of benzene rings is 4. The Bertz CT molecular complexity index is 1270. The van der Waals surface area contributed by atoms with E-state index in [0.717, 1.165) is 22.1 Å². The van der Waals surface area contributed by atoms with Crippen molar-refractivity contribution >= 4 is 22.6 Å². The summed E-state index contributed by atoms with van der Waals surface area (Å²) in [5, 5.41) is 14.0. The van der Waals surface area contributed by atoms with Crippen LogP contribution in [-0.2, 0) is 11.2 Å². The Balaban J connectivity index is 1.42. The van der Waals surface area contributed by atoms with Crippen LogP contribution in [0.2, 0.25) is 0 Å². The summed E-state index contributed by atoms with van der Waals surface area (Å²) >= 11 is 0. The zero-order valence-electron chi connectivity index (χ0n) is 19.0. The van der Waals surface area contributed by atoms with E-state index < -0.39 is 17.9 Å². The minimum atomic E-state index is -1.07. The van der Waals surface area contributed by atoms with Crippen LogP contribution in [0.5, 0.6) is 5.75 Å². The van der Waals surface area contributed by atoms with Crippen molar-refractivity contribution in [2.75, 3.05) is 6.61 Å². The molecule has 0 saturated carbocycles. The number of nitrogens with one attached hydrogen (secondary N) is 1. The number of fused-ring (bicyclic) bond motifs is 1. The number of carboxylic acid groups (broad SMARTS) is 1. The van der Waals surface area contributed by atoms with Gasteiger partial charge in [0, 0.05) is 17.9 Å². The van der Waals surface area contributed by atoms with Crippen molar-refractivity contribution < 1.29 is 19.4 Å². The van der Waals surface area contributed by atoms with Gasteiger partial charge in [0.05, 0.1) is 6.61 Å². The summed E-state index contributed by atoms with van der Waals surface area (Å²) in [6.07, 6.45) is 0.220. The molecule has 172 valence electrons. The van der Waals surface area contributed by atoms with Crippen molar-refractivity contribution in [2.45, 2.75) is 25.3 Å². The summed E-state index contributed by atoms with van der Waals surface area (Å²) in [5.74, 6) is -0.450. The zero-order valence-corrected chi connectivity index (χ0v) is 19.0. The molecular formula is C29H27NO4. The van der Waals surface area contributed by atoms with E-state index in [1.807, 2.05) is 72.8 Å². The molecule has 0 saturated heterocycles. The highest BCUT2D eigenvalue weighted by molar-refractivity contribution is 6.00. The van der Waals surface area contributed by atoms with E-state index in [1.54, 1.807) is 12.1 Å². The molecule has 0 aliphatic carbocycles. The molecule has 1 unspecified atom stereocenters. The van der Waals surface area contributed by atoms with E-state index >= 15 is 0 Å². The fraction of sp³-hybridized carbons (Fsp3) is 0.172. The van der Waals surface area contributed by atoms with Gasteiger partial charge in [-0.1, -0.05) is 79.7 Å². The molecule has 0 spiro atoms. The van der Waals surface area contributed by atoms with Gasteiger partial charge in [0.2, 0.25) is 0 Å². The standard InChI is InChI=1S/C29H27NO4/c1-20(22-10-6-3-7-11-22)19-34-26-15-14-23-17-25(13-12-24(23)18-26)28(31)30-27(29(32)33)16-21-8-4-2-5-9-21/h2-15,17-18,20,27H,16,19H2,1H3,(H,30,31)(H,32,33)/t20?,27-/m0/s1. The number of ether oxygens (including phenoxy) is 1. The summed E-state index contributed by atoms with van der Waals surface area (Å²) in [6, 6.07) is 29.5. The molecule has 5 nitrogen and oxygen atoms in total. The third kappa shape index (κ3) is 5.81. The second-order valence-corrected chi connectivity index (χ2v) is 8.40. The van der Waals surface area contributed by atoms with E-state index in [0.29, 0.717) is 12.2 Å². The quantitative estimate of drug-likeness (QED) is 0.353. The molecule has 0 heterocycles. The third-order valence-electron chi connectivity index (χ3n) is 5.83. The van der Waals surface area contributed by atoms with Crippen LogP contribution >= 0.6 is 0 Å². The topological polar surface area (TPSA) is 75.6 Å².